The van der Waals surface area contributed by atoms with E-state index in [0.29, 0.717) is 6.42 Å². The second-order valence-electron chi connectivity index (χ2n) is 4.19. The smallest absolute Gasteiger partial charge is 0.326 e. The zero-order chi connectivity index (χ0) is 13.4. The minimum Gasteiger partial charge on any atom is -0.480 e. The SMILES string of the molecule is C#CC(CCC)NC(=O)N[C@H](C(=O)O)C(C)C. The molecule has 0 aliphatic heterocycles. The highest BCUT2D eigenvalue weighted by atomic mass is 16.4. The van der Waals surface area contributed by atoms with Gasteiger partial charge in [0.1, 0.15) is 6.04 Å². The fourth-order valence-electron chi connectivity index (χ4n) is 1.34. The predicted molar refractivity (Wildman–Crippen MR) is 65.5 cm³/mol. The molecule has 0 saturated heterocycles. The molecule has 0 saturated carbocycles. The third kappa shape index (κ3) is 5.81. The molecule has 96 valence electrons. The van der Waals surface area contributed by atoms with Crippen molar-refractivity contribution in [2.24, 2.45) is 5.92 Å². The molecule has 17 heavy (non-hydrogen) atoms. The fraction of sp³-hybridized carbons (Fsp3) is 0.667. The van der Waals surface area contributed by atoms with Crippen molar-refractivity contribution in [1.29, 1.82) is 0 Å². The molecule has 0 aliphatic rings. The highest BCUT2D eigenvalue weighted by molar-refractivity contribution is 5.83. The third-order valence-corrected chi connectivity index (χ3v) is 2.30. The van der Waals surface area contributed by atoms with Crippen molar-refractivity contribution in [3.8, 4) is 12.3 Å². The van der Waals surface area contributed by atoms with Gasteiger partial charge in [0, 0.05) is 0 Å². The number of carboxylic acid groups (broad SMARTS) is 1. The van der Waals surface area contributed by atoms with Gasteiger partial charge in [0.25, 0.3) is 0 Å². The average Bonchev–Trinajstić information content (AvgIpc) is 2.24. The van der Waals surface area contributed by atoms with Crippen LogP contribution >= 0.6 is 0 Å². The molecule has 0 fully saturated rings. The summed E-state index contributed by atoms with van der Waals surface area (Å²) in [5.41, 5.74) is 0. The van der Waals surface area contributed by atoms with Gasteiger partial charge in [-0.1, -0.05) is 33.1 Å². The van der Waals surface area contributed by atoms with Crippen LogP contribution in [-0.4, -0.2) is 29.2 Å². The van der Waals surface area contributed by atoms with Crippen molar-refractivity contribution in [3.63, 3.8) is 0 Å². The summed E-state index contributed by atoms with van der Waals surface area (Å²) in [6.07, 6.45) is 6.77. The Kier molecular flexibility index (Phi) is 6.80. The van der Waals surface area contributed by atoms with Crippen LogP contribution in [0.2, 0.25) is 0 Å². The molecule has 0 spiro atoms. The number of terminal acetylenes is 1. The maximum absolute atomic E-state index is 11.5. The van der Waals surface area contributed by atoms with Crippen LogP contribution in [0.15, 0.2) is 0 Å². The van der Waals surface area contributed by atoms with Crippen LogP contribution in [-0.2, 0) is 4.79 Å². The van der Waals surface area contributed by atoms with Gasteiger partial charge in [-0.2, -0.15) is 0 Å². The number of aliphatic carboxylic acids is 1. The molecule has 0 aromatic rings. The summed E-state index contributed by atoms with van der Waals surface area (Å²) >= 11 is 0. The van der Waals surface area contributed by atoms with Crippen LogP contribution in [0.25, 0.3) is 0 Å². The first kappa shape index (κ1) is 15.3. The standard InChI is InChI=1S/C12H20N2O3/c1-5-7-9(6-2)13-12(17)14-10(8(3)4)11(15)16/h2,8-10H,5,7H2,1,3-4H3,(H,15,16)(H2,13,14,17)/t9?,10-/m0/s1. The first-order chi connectivity index (χ1) is 7.92. The Balaban J connectivity index is 4.33. The largest absolute Gasteiger partial charge is 0.480 e. The molecule has 5 nitrogen and oxygen atoms in total. The van der Waals surface area contributed by atoms with Crippen molar-refractivity contribution in [2.45, 2.75) is 45.7 Å². The Hall–Kier alpha value is -1.70. The maximum atomic E-state index is 11.5. The van der Waals surface area contributed by atoms with E-state index in [9.17, 15) is 9.59 Å². The number of carbonyl (C=O) groups excluding carboxylic acids is 1. The molecule has 1 unspecified atom stereocenters. The number of carbonyl (C=O) groups is 2. The number of urea groups is 1. The lowest BCUT2D eigenvalue weighted by Gasteiger charge is -2.20. The second kappa shape index (κ2) is 7.55. The van der Waals surface area contributed by atoms with Gasteiger partial charge in [-0.15, -0.1) is 6.42 Å². The van der Waals surface area contributed by atoms with Crippen LogP contribution in [0.3, 0.4) is 0 Å². The molecule has 0 aromatic heterocycles. The molecule has 2 amide bonds. The van der Waals surface area contributed by atoms with Crippen molar-refractivity contribution >= 4 is 12.0 Å². The Bertz CT molecular complexity index is 307. The summed E-state index contributed by atoms with van der Waals surface area (Å²) in [6, 6.07) is -1.81. The molecule has 0 bridgehead atoms. The third-order valence-electron chi connectivity index (χ3n) is 2.30. The van der Waals surface area contributed by atoms with E-state index in [2.05, 4.69) is 16.6 Å². The lowest BCUT2D eigenvalue weighted by molar-refractivity contribution is -0.140. The molecule has 0 aliphatic carbocycles. The molecule has 0 aromatic carbocycles. The summed E-state index contributed by atoms with van der Waals surface area (Å²) in [7, 11) is 0. The molecular formula is C12H20N2O3. The van der Waals surface area contributed by atoms with E-state index in [1.165, 1.54) is 0 Å². The van der Waals surface area contributed by atoms with Gasteiger partial charge in [-0.05, 0) is 12.3 Å². The molecular weight excluding hydrogens is 220 g/mol. The molecule has 5 heteroatoms. The summed E-state index contributed by atoms with van der Waals surface area (Å²) in [5, 5.41) is 13.9. The maximum Gasteiger partial charge on any atom is 0.326 e. The van der Waals surface area contributed by atoms with E-state index in [4.69, 9.17) is 11.5 Å². The number of nitrogens with one attached hydrogen (secondary N) is 2. The van der Waals surface area contributed by atoms with E-state index in [0.717, 1.165) is 6.42 Å². The van der Waals surface area contributed by atoms with Gasteiger partial charge in [-0.3, -0.25) is 0 Å². The minimum atomic E-state index is -1.05. The first-order valence-corrected chi connectivity index (χ1v) is 5.68. The van der Waals surface area contributed by atoms with Crippen molar-refractivity contribution in [3.05, 3.63) is 0 Å². The van der Waals surface area contributed by atoms with E-state index < -0.39 is 18.0 Å². The summed E-state index contributed by atoms with van der Waals surface area (Å²) in [4.78, 5) is 22.4. The second-order valence-corrected chi connectivity index (χ2v) is 4.19. The Morgan fingerprint density at radius 2 is 1.94 bits per heavy atom. The van der Waals surface area contributed by atoms with Gasteiger partial charge in [-0.25, -0.2) is 9.59 Å². The molecule has 0 rings (SSSR count). The minimum absolute atomic E-state index is 0.186. The van der Waals surface area contributed by atoms with Gasteiger partial charge in [0.05, 0.1) is 6.04 Å². The Labute approximate surface area is 102 Å². The Morgan fingerprint density at radius 3 is 2.29 bits per heavy atom. The van der Waals surface area contributed by atoms with E-state index in [-0.39, 0.29) is 12.0 Å². The van der Waals surface area contributed by atoms with Crippen LogP contribution in [0.4, 0.5) is 4.79 Å². The van der Waals surface area contributed by atoms with Gasteiger partial charge < -0.3 is 15.7 Å². The van der Waals surface area contributed by atoms with E-state index in [1.807, 2.05) is 6.92 Å². The van der Waals surface area contributed by atoms with Crippen LogP contribution in [0.5, 0.6) is 0 Å². The normalized spacial score (nSPS) is 13.6. The number of carboxylic acids is 1. The Morgan fingerprint density at radius 1 is 1.35 bits per heavy atom. The highest BCUT2D eigenvalue weighted by Crippen LogP contribution is 2.02. The highest BCUT2D eigenvalue weighted by Gasteiger charge is 2.23. The number of hydrogen-bond donors (Lipinski definition) is 3. The zero-order valence-corrected chi connectivity index (χ0v) is 10.5. The van der Waals surface area contributed by atoms with Gasteiger partial charge >= 0.3 is 12.0 Å². The van der Waals surface area contributed by atoms with Gasteiger partial charge in [0.15, 0.2) is 0 Å². The molecule has 0 heterocycles. The van der Waals surface area contributed by atoms with E-state index >= 15 is 0 Å². The molecule has 3 N–H and O–H groups in total. The number of rotatable bonds is 6. The summed E-state index contributed by atoms with van der Waals surface area (Å²) in [5.74, 6) is 1.21. The fourth-order valence-corrected chi connectivity index (χ4v) is 1.34. The zero-order valence-electron chi connectivity index (χ0n) is 10.5. The van der Waals surface area contributed by atoms with Gasteiger partial charge in [0.2, 0.25) is 0 Å². The van der Waals surface area contributed by atoms with Crippen molar-refractivity contribution in [1.82, 2.24) is 10.6 Å². The first-order valence-electron chi connectivity index (χ1n) is 5.68. The lowest BCUT2D eigenvalue weighted by Crippen LogP contribution is -2.50. The monoisotopic (exact) mass is 240 g/mol. The summed E-state index contributed by atoms with van der Waals surface area (Å²) in [6.45, 7) is 5.41. The predicted octanol–water partition coefficient (Wildman–Crippen LogP) is 1.20. The van der Waals surface area contributed by atoms with E-state index in [1.54, 1.807) is 13.8 Å². The number of hydrogen-bond acceptors (Lipinski definition) is 2. The topological polar surface area (TPSA) is 78.4 Å². The quantitative estimate of drug-likeness (QED) is 0.610. The molecule has 0 radical (unpaired) electrons. The molecule has 2 atom stereocenters. The van der Waals surface area contributed by atoms with Crippen LogP contribution in [0, 0.1) is 18.3 Å². The average molecular weight is 240 g/mol. The van der Waals surface area contributed by atoms with Crippen LogP contribution in [0.1, 0.15) is 33.6 Å². The van der Waals surface area contributed by atoms with Crippen molar-refractivity contribution in [2.75, 3.05) is 0 Å². The lowest BCUT2D eigenvalue weighted by atomic mass is 10.1. The van der Waals surface area contributed by atoms with Crippen LogP contribution < -0.4 is 10.6 Å². The van der Waals surface area contributed by atoms with Crippen molar-refractivity contribution < 1.29 is 14.7 Å². The summed E-state index contributed by atoms with van der Waals surface area (Å²) < 4.78 is 0. The number of amides is 2.